The molecule has 12 nitrogen and oxygen atoms in total. The highest BCUT2D eigenvalue weighted by Gasteiger charge is 2.33. The summed E-state index contributed by atoms with van der Waals surface area (Å²) in [7, 11) is -3.61. The number of urea groups is 1. The number of benzene rings is 2. The van der Waals surface area contributed by atoms with Gasteiger partial charge >= 0.3 is 17.9 Å². The fourth-order valence-electron chi connectivity index (χ4n) is 4.21. The Labute approximate surface area is 236 Å². The van der Waals surface area contributed by atoms with E-state index in [9.17, 15) is 36.0 Å². The van der Waals surface area contributed by atoms with Crippen LogP contribution in [0.3, 0.4) is 0 Å². The van der Waals surface area contributed by atoms with E-state index in [-0.39, 0.29) is 35.0 Å². The second-order valence-corrected chi connectivity index (χ2v) is 10.5. The fourth-order valence-corrected chi connectivity index (χ4v) is 5.26. The van der Waals surface area contributed by atoms with Crippen molar-refractivity contribution in [2.75, 3.05) is 6.54 Å². The summed E-state index contributed by atoms with van der Waals surface area (Å²) in [6.45, 7) is 10.1. The number of hydrogen-bond acceptors (Lipinski definition) is 6. The van der Waals surface area contributed by atoms with E-state index in [4.69, 9.17) is 6.57 Å². The highest BCUT2D eigenvalue weighted by Crippen LogP contribution is 2.33. The van der Waals surface area contributed by atoms with Crippen molar-refractivity contribution in [2.45, 2.75) is 24.9 Å². The molecule has 0 radical (unpaired) electrons. The molecule has 2 heterocycles. The first-order valence-electron chi connectivity index (χ1n) is 12.1. The van der Waals surface area contributed by atoms with Gasteiger partial charge in [-0.05, 0) is 44.2 Å². The van der Waals surface area contributed by atoms with Gasteiger partial charge in [-0.25, -0.2) is 32.3 Å². The van der Waals surface area contributed by atoms with E-state index in [1.54, 1.807) is 6.92 Å². The normalized spacial score (nSPS) is 11.6. The molecule has 42 heavy (non-hydrogen) atoms. The van der Waals surface area contributed by atoms with Crippen LogP contribution in [-0.4, -0.2) is 39.9 Å². The number of aromatic nitrogens is 4. The molecule has 218 valence electrons. The quantitative estimate of drug-likeness (QED) is 0.325. The van der Waals surface area contributed by atoms with Crippen LogP contribution >= 0.6 is 0 Å². The monoisotopic (exact) mass is 601 g/mol. The van der Waals surface area contributed by atoms with Crippen molar-refractivity contribution in [3.8, 4) is 22.6 Å². The second kappa shape index (κ2) is 11.0. The Hall–Kier alpha value is -5.17. The Morgan fingerprint density at radius 3 is 2.36 bits per heavy atom. The average molecular weight is 602 g/mol. The molecule has 0 fully saturated rings. The van der Waals surface area contributed by atoms with Crippen molar-refractivity contribution in [3.05, 3.63) is 98.2 Å². The summed E-state index contributed by atoms with van der Waals surface area (Å²) in [6.07, 6.45) is -3.85. The summed E-state index contributed by atoms with van der Waals surface area (Å²) in [4.78, 5) is 41.7. The number of nitrogens with one attached hydrogen (secondary N) is 2. The minimum Gasteiger partial charge on any atom is -0.338 e. The molecule has 16 heteroatoms. The van der Waals surface area contributed by atoms with Crippen molar-refractivity contribution >= 4 is 21.7 Å². The predicted octanol–water partition coefficient (Wildman–Crippen LogP) is 3.27. The van der Waals surface area contributed by atoms with Crippen LogP contribution in [0, 0.1) is 13.5 Å². The van der Waals surface area contributed by atoms with Crippen LogP contribution in [0.2, 0.25) is 0 Å². The lowest BCUT2D eigenvalue weighted by molar-refractivity contribution is -0.137. The molecule has 2 amide bonds. The number of amides is 2. The molecule has 0 bridgehead atoms. The van der Waals surface area contributed by atoms with Crippen LogP contribution < -0.4 is 21.3 Å². The van der Waals surface area contributed by atoms with Crippen LogP contribution in [0.5, 0.6) is 0 Å². The van der Waals surface area contributed by atoms with E-state index in [2.05, 4.69) is 15.3 Å². The lowest BCUT2D eigenvalue weighted by atomic mass is 10.1. The number of carbonyl (C=O) groups is 1. The maximum atomic E-state index is 13.6. The highest BCUT2D eigenvalue weighted by atomic mass is 32.2. The Bertz CT molecular complexity index is 1970. The van der Waals surface area contributed by atoms with Crippen LogP contribution in [0.4, 0.5) is 23.7 Å². The number of carbonyl (C=O) groups excluding carboxylic acids is 1. The zero-order chi connectivity index (χ0) is 31.0. The maximum Gasteiger partial charge on any atom is 0.416 e. The van der Waals surface area contributed by atoms with E-state index in [0.29, 0.717) is 4.57 Å². The van der Waals surface area contributed by atoms with Crippen LogP contribution in [-0.2, 0) is 23.2 Å². The van der Waals surface area contributed by atoms with Gasteiger partial charge in [-0.2, -0.15) is 18.3 Å². The smallest absolute Gasteiger partial charge is 0.338 e. The van der Waals surface area contributed by atoms with E-state index in [1.807, 2.05) is 4.72 Å². The summed E-state index contributed by atoms with van der Waals surface area (Å²) in [5.41, 5.74) is -3.76. The summed E-state index contributed by atoms with van der Waals surface area (Å²) in [6, 6.07) is 8.49. The minimum absolute atomic E-state index is 0.0997. The van der Waals surface area contributed by atoms with E-state index in [1.165, 1.54) is 37.3 Å². The van der Waals surface area contributed by atoms with Gasteiger partial charge in [0.05, 0.1) is 35.3 Å². The minimum atomic E-state index is -4.74. The van der Waals surface area contributed by atoms with Gasteiger partial charge in [-0.15, -0.1) is 0 Å². The predicted molar refractivity (Wildman–Crippen MR) is 145 cm³/mol. The van der Waals surface area contributed by atoms with Gasteiger partial charge in [0.2, 0.25) is 0 Å². The molecule has 4 aromatic rings. The van der Waals surface area contributed by atoms with Crippen molar-refractivity contribution in [1.82, 2.24) is 29.0 Å². The van der Waals surface area contributed by atoms with Gasteiger partial charge < -0.3 is 5.32 Å². The molecule has 0 aliphatic heterocycles. The lowest BCUT2D eigenvalue weighted by Crippen LogP contribution is -2.41. The SMILES string of the molecule is [C-]#[N+]c1ccc(-n2ncc(S(=O)(=O)NC(=O)NCC)c2-c2c(C)n(-c3cccc(C(F)(F)F)c3)c(=O)n(C)c2=O)cc1. The molecular weight excluding hydrogens is 579 g/mol. The molecule has 0 unspecified atom stereocenters. The molecule has 0 aliphatic carbocycles. The van der Waals surface area contributed by atoms with Crippen molar-refractivity contribution in [1.29, 1.82) is 0 Å². The first kappa shape index (κ1) is 29.8. The number of nitrogens with zero attached hydrogens (tertiary/aromatic N) is 5. The first-order chi connectivity index (χ1) is 19.7. The summed E-state index contributed by atoms with van der Waals surface area (Å²) < 4.78 is 71.6. The lowest BCUT2D eigenvalue weighted by Gasteiger charge is -2.18. The third-order valence-corrected chi connectivity index (χ3v) is 7.51. The van der Waals surface area contributed by atoms with Gasteiger partial charge in [-0.1, -0.05) is 18.2 Å². The Morgan fingerprint density at radius 2 is 1.76 bits per heavy atom. The summed E-state index contributed by atoms with van der Waals surface area (Å²) in [5, 5.41) is 6.41. The Morgan fingerprint density at radius 1 is 1.10 bits per heavy atom. The average Bonchev–Trinajstić information content (AvgIpc) is 3.37. The van der Waals surface area contributed by atoms with E-state index >= 15 is 0 Å². The van der Waals surface area contributed by atoms with Gasteiger partial charge in [0.1, 0.15) is 10.6 Å². The largest absolute Gasteiger partial charge is 0.416 e. The van der Waals surface area contributed by atoms with Crippen LogP contribution in [0.15, 0.2) is 69.2 Å². The summed E-state index contributed by atoms with van der Waals surface area (Å²) in [5.74, 6) is 0. The van der Waals surface area contributed by atoms with Gasteiger partial charge in [-0.3, -0.25) is 13.9 Å². The molecule has 0 aliphatic rings. The standard InChI is InChI=1S/C26H22F3N7O5S/c1-5-31-24(38)33-42(40,41)20-14-32-36(18-11-9-17(30-3)10-12-18)22(20)21-15(2)35(25(39)34(4)23(21)37)19-8-6-7-16(13-19)26(27,28)29/h6-14H,5H2,1-2,4H3,(H2,31,33,38). The molecule has 4 rings (SSSR count). The number of halogens is 3. The third-order valence-electron chi connectivity index (χ3n) is 6.18. The molecule has 2 aromatic heterocycles. The molecule has 0 atom stereocenters. The maximum absolute atomic E-state index is 13.6. The zero-order valence-electron chi connectivity index (χ0n) is 22.2. The number of hydrogen-bond donors (Lipinski definition) is 2. The second-order valence-electron chi connectivity index (χ2n) is 8.85. The van der Waals surface area contributed by atoms with Gasteiger partial charge in [0.15, 0.2) is 5.69 Å². The zero-order valence-corrected chi connectivity index (χ0v) is 23.0. The van der Waals surface area contributed by atoms with Crippen LogP contribution in [0.25, 0.3) is 27.5 Å². The van der Waals surface area contributed by atoms with Crippen LogP contribution in [0.1, 0.15) is 18.2 Å². The third kappa shape index (κ3) is 5.41. The fraction of sp³-hybridized carbons (Fsp3) is 0.192. The van der Waals surface area contributed by atoms with Crippen molar-refractivity contribution < 1.29 is 26.4 Å². The van der Waals surface area contributed by atoms with E-state index < -0.39 is 49.5 Å². The van der Waals surface area contributed by atoms with Gasteiger partial charge in [0, 0.05) is 19.3 Å². The first-order valence-corrected chi connectivity index (χ1v) is 13.6. The molecule has 2 N–H and O–H groups in total. The molecular formula is C26H22F3N7O5S. The van der Waals surface area contributed by atoms with Crippen molar-refractivity contribution in [2.24, 2.45) is 7.05 Å². The number of sulfonamides is 1. The van der Waals surface area contributed by atoms with E-state index in [0.717, 1.165) is 40.7 Å². The number of alkyl halides is 3. The molecule has 0 saturated heterocycles. The number of rotatable bonds is 6. The Balaban J connectivity index is 2.10. The Kier molecular flexibility index (Phi) is 7.81. The molecule has 2 aromatic carbocycles. The molecule has 0 saturated carbocycles. The topological polar surface area (TPSA) is 141 Å². The van der Waals surface area contributed by atoms with Gasteiger partial charge in [0.25, 0.3) is 15.6 Å². The van der Waals surface area contributed by atoms with Crippen molar-refractivity contribution in [3.63, 3.8) is 0 Å². The highest BCUT2D eigenvalue weighted by molar-refractivity contribution is 7.90. The molecule has 0 spiro atoms. The summed E-state index contributed by atoms with van der Waals surface area (Å²) >= 11 is 0.